The van der Waals surface area contributed by atoms with Crippen LogP contribution in [0.3, 0.4) is 0 Å². The molecule has 0 unspecified atom stereocenters. The first-order valence-corrected chi connectivity index (χ1v) is 6.79. The number of halogens is 1. The zero-order chi connectivity index (χ0) is 12.3. The van der Waals surface area contributed by atoms with Crippen LogP contribution in [0.15, 0.2) is 24.3 Å². The summed E-state index contributed by atoms with van der Waals surface area (Å²) in [4.78, 5) is 3.27. The highest BCUT2D eigenvalue weighted by molar-refractivity contribution is 6.31. The molecule has 1 heterocycles. The van der Waals surface area contributed by atoms with Crippen molar-refractivity contribution in [3.63, 3.8) is 0 Å². The second-order valence-corrected chi connectivity index (χ2v) is 5.39. The van der Waals surface area contributed by atoms with Crippen molar-refractivity contribution < 1.29 is 15.5 Å². The molecule has 1 aromatic rings. The Morgan fingerprint density at radius 2 is 1.88 bits per heavy atom. The maximum absolute atomic E-state index is 6.30. The highest BCUT2D eigenvalue weighted by Crippen LogP contribution is 2.19. The molecule has 1 aliphatic rings. The zero-order valence-corrected chi connectivity index (χ0v) is 11.3. The summed E-state index contributed by atoms with van der Waals surface area (Å²) in [5, 5.41) is 0.889. The third-order valence-corrected chi connectivity index (χ3v) is 4.15. The van der Waals surface area contributed by atoms with Crippen molar-refractivity contribution in [3.05, 3.63) is 34.9 Å². The minimum atomic E-state index is 0.455. The third kappa shape index (κ3) is 2.99. The normalized spacial score (nSPS) is 26.8. The fourth-order valence-electron chi connectivity index (χ4n) is 2.68. The molecule has 0 radical (unpaired) electrons. The fourth-order valence-corrected chi connectivity index (χ4v) is 2.95. The number of nitrogens with one attached hydrogen (secondary N) is 2. The van der Waals surface area contributed by atoms with Crippen molar-refractivity contribution in [3.8, 4) is 0 Å². The molecule has 0 saturated carbocycles. The van der Waals surface area contributed by atoms with Gasteiger partial charge in [0.2, 0.25) is 0 Å². The quantitative estimate of drug-likeness (QED) is 0.562. The lowest BCUT2D eigenvalue weighted by Gasteiger charge is -2.32. The van der Waals surface area contributed by atoms with Gasteiger partial charge in [-0.15, -0.1) is 0 Å². The molecule has 1 fully saturated rings. The third-order valence-electron chi connectivity index (χ3n) is 3.81. The van der Waals surface area contributed by atoms with E-state index in [1.54, 1.807) is 9.80 Å². The molecule has 1 aliphatic heterocycles. The Kier molecular flexibility index (Phi) is 4.40. The van der Waals surface area contributed by atoms with Gasteiger partial charge in [-0.3, -0.25) is 0 Å². The van der Waals surface area contributed by atoms with Crippen molar-refractivity contribution in [1.82, 2.24) is 0 Å². The molecule has 1 atom stereocenters. The van der Waals surface area contributed by atoms with E-state index in [1.165, 1.54) is 31.7 Å². The Morgan fingerprint density at radius 1 is 1.24 bits per heavy atom. The van der Waals surface area contributed by atoms with E-state index >= 15 is 0 Å². The Morgan fingerprint density at radius 3 is 2.47 bits per heavy atom. The molecular weight excluding hydrogens is 234 g/mol. The van der Waals surface area contributed by atoms with E-state index in [2.05, 4.69) is 24.9 Å². The molecule has 4 heteroatoms. The predicted molar refractivity (Wildman–Crippen MR) is 69.3 cm³/mol. The lowest BCUT2D eigenvalue weighted by Crippen LogP contribution is -3.27. The van der Waals surface area contributed by atoms with Crippen LogP contribution >= 0.6 is 11.6 Å². The van der Waals surface area contributed by atoms with Crippen molar-refractivity contribution in [2.75, 3.05) is 39.8 Å². The van der Waals surface area contributed by atoms with Crippen LogP contribution in [0.2, 0.25) is 5.02 Å². The van der Waals surface area contributed by atoms with Crippen LogP contribution in [0.4, 0.5) is 0 Å². The molecule has 0 aliphatic carbocycles. The number of piperazine rings is 1. The smallest absolute Gasteiger partial charge is 0.164 e. The molecule has 94 valence electrons. The van der Waals surface area contributed by atoms with Crippen molar-refractivity contribution in [2.45, 2.75) is 6.04 Å². The molecule has 1 saturated heterocycles. The molecule has 0 amide bonds. The summed E-state index contributed by atoms with van der Waals surface area (Å²) in [7, 11) is 2.27. The largest absolute Gasteiger partial charge is 0.352 e. The van der Waals surface area contributed by atoms with Crippen molar-refractivity contribution >= 4 is 11.6 Å². The van der Waals surface area contributed by atoms with Gasteiger partial charge in [0, 0.05) is 10.6 Å². The summed E-state index contributed by atoms with van der Waals surface area (Å²) < 4.78 is 0. The molecule has 1 aromatic carbocycles. The molecule has 0 aromatic heterocycles. The lowest BCUT2D eigenvalue weighted by molar-refractivity contribution is -1.02. The van der Waals surface area contributed by atoms with Crippen LogP contribution in [0.25, 0.3) is 0 Å². The first kappa shape index (κ1) is 12.8. The maximum atomic E-state index is 6.30. The van der Waals surface area contributed by atoms with Gasteiger partial charge in [0.15, 0.2) is 6.04 Å². The Labute approximate surface area is 108 Å². The SMILES string of the molecule is C[NH+]1CC[NH+]([C@@H](C[NH3+])c2ccccc2Cl)CC1. The van der Waals surface area contributed by atoms with E-state index in [0.717, 1.165) is 11.6 Å². The monoisotopic (exact) mass is 256 g/mol. The first-order chi connectivity index (χ1) is 8.22. The summed E-state index contributed by atoms with van der Waals surface area (Å²) in [5.41, 5.74) is 5.37. The van der Waals surface area contributed by atoms with Crippen LogP contribution in [-0.4, -0.2) is 39.8 Å². The van der Waals surface area contributed by atoms with Gasteiger partial charge in [0.05, 0.1) is 7.05 Å². The van der Waals surface area contributed by atoms with Crippen molar-refractivity contribution in [1.29, 1.82) is 0 Å². The average molecular weight is 257 g/mol. The van der Waals surface area contributed by atoms with E-state index in [4.69, 9.17) is 11.6 Å². The summed E-state index contributed by atoms with van der Waals surface area (Å²) >= 11 is 6.30. The van der Waals surface area contributed by atoms with Crippen LogP contribution < -0.4 is 15.5 Å². The average Bonchev–Trinajstić information content (AvgIpc) is 2.35. The lowest BCUT2D eigenvalue weighted by atomic mass is 10.0. The molecular formula is C13H23ClN3+3. The number of benzene rings is 1. The van der Waals surface area contributed by atoms with Gasteiger partial charge in [0.25, 0.3) is 0 Å². The standard InChI is InChI=1S/C13H20ClN3/c1-16-6-8-17(9-7-16)13(10-15)11-4-2-3-5-12(11)14/h2-5,13H,6-10,15H2,1H3/p+3/t13-/m0/s1. The summed E-state index contributed by atoms with van der Waals surface area (Å²) in [6, 6.07) is 8.66. The molecule has 2 rings (SSSR count). The summed E-state index contributed by atoms with van der Waals surface area (Å²) in [5.74, 6) is 0. The van der Waals surface area contributed by atoms with E-state index in [9.17, 15) is 0 Å². The molecule has 0 spiro atoms. The molecule has 17 heavy (non-hydrogen) atoms. The van der Waals surface area contributed by atoms with Gasteiger partial charge >= 0.3 is 0 Å². The second kappa shape index (κ2) is 5.83. The Balaban J connectivity index is 2.14. The second-order valence-electron chi connectivity index (χ2n) is 4.98. The van der Waals surface area contributed by atoms with Gasteiger partial charge in [-0.1, -0.05) is 29.8 Å². The van der Waals surface area contributed by atoms with Gasteiger partial charge in [-0.2, -0.15) is 0 Å². The van der Waals surface area contributed by atoms with Crippen molar-refractivity contribution in [2.24, 2.45) is 0 Å². The Bertz CT molecular complexity index is 361. The highest BCUT2D eigenvalue weighted by atomic mass is 35.5. The number of hydrogen-bond donors (Lipinski definition) is 3. The molecule has 3 nitrogen and oxygen atoms in total. The minimum absolute atomic E-state index is 0.455. The highest BCUT2D eigenvalue weighted by Gasteiger charge is 2.30. The topological polar surface area (TPSA) is 36.5 Å². The number of rotatable bonds is 3. The molecule has 0 bridgehead atoms. The van der Waals surface area contributed by atoms with E-state index in [1.807, 2.05) is 12.1 Å². The number of hydrogen-bond acceptors (Lipinski definition) is 0. The van der Waals surface area contributed by atoms with Gasteiger partial charge in [0.1, 0.15) is 32.7 Å². The first-order valence-electron chi connectivity index (χ1n) is 6.42. The van der Waals surface area contributed by atoms with E-state index in [-0.39, 0.29) is 0 Å². The minimum Gasteiger partial charge on any atom is -0.352 e. The summed E-state index contributed by atoms with van der Waals surface area (Å²) in [6.45, 7) is 5.85. The van der Waals surface area contributed by atoms with E-state index < -0.39 is 0 Å². The molecule has 5 N–H and O–H groups in total. The van der Waals surface area contributed by atoms with Gasteiger partial charge < -0.3 is 15.5 Å². The Hall–Kier alpha value is -0.610. The summed E-state index contributed by atoms with van der Waals surface area (Å²) in [6.07, 6.45) is 0. The van der Waals surface area contributed by atoms with Crippen LogP contribution in [0.1, 0.15) is 11.6 Å². The van der Waals surface area contributed by atoms with E-state index in [0.29, 0.717) is 6.04 Å². The maximum Gasteiger partial charge on any atom is 0.164 e. The van der Waals surface area contributed by atoms with Crippen LogP contribution in [0.5, 0.6) is 0 Å². The zero-order valence-electron chi connectivity index (χ0n) is 10.5. The fraction of sp³-hybridized carbons (Fsp3) is 0.538. The van der Waals surface area contributed by atoms with Gasteiger partial charge in [-0.25, -0.2) is 0 Å². The van der Waals surface area contributed by atoms with Crippen LogP contribution in [0, 0.1) is 0 Å². The van der Waals surface area contributed by atoms with Crippen LogP contribution in [-0.2, 0) is 0 Å². The number of likely N-dealkylation sites (N-methyl/N-ethyl adjacent to an activating group) is 1. The predicted octanol–water partition coefficient (Wildman–Crippen LogP) is -1.96. The van der Waals surface area contributed by atoms with Gasteiger partial charge in [-0.05, 0) is 6.07 Å². The number of quaternary nitrogens is 3.